The van der Waals surface area contributed by atoms with Crippen molar-refractivity contribution in [3.8, 4) is 22.8 Å². The average molecular weight is 555 g/mol. The van der Waals surface area contributed by atoms with Crippen LogP contribution in [0.1, 0.15) is 56.7 Å². The number of aromatic nitrogens is 2. The standard InChI is InChI=1S/C35H46N4O2/c1-24(2)34-30-22-28(9-10-31(30)36-35(34)27-8-11-32(40-4)33(21-27)41-5)39-19-14-26(15-20-39)25-12-17-38(18-13-25)23-29-7-6-16-37(29)3/h6-11,16,21-22,24-26,36H,12-15,17-20,23H2,1-5H3. The van der Waals surface area contributed by atoms with Gasteiger partial charge in [-0.1, -0.05) is 13.8 Å². The van der Waals surface area contributed by atoms with Crippen LogP contribution in [0.25, 0.3) is 22.2 Å². The maximum atomic E-state index is 5.61. The van der Waals surface area contributed by atoms with Crippen molar-refractivity contribution in [2.75, 3.05) is 45.3 Å². The molecule has 218 valence electrons. The van der Waals surface area contributed by atoms with Gasteiger partial charge in [-0.25, -0.2) is 0 Å². The fourth-order valence-electron chi connectivity index (χ4n) is 7.32. The number of methoxy groups -OCH3 is 2. The lowest BCUT2D eigenvalue weighted by Gasteiger charge is -2.41. The number of nitrogens with one attached hydrogen (secondary N) is 1. The summed E-state index contributed by atoms with van der Waals surface area (Å²) in [4.78, 5) is 9.00. The Morgan fingerprint density at radius 1 is 0.854 bits per heavy atom. The van der Waals surface area contributed by atoms with Gasteiger partial charge in [0.05, 0.1) is 19.9 Å². The van der Waals surface area contributed by atoms with Crippen LogP contribution >= 0.6 is 0 Å². The highest BCUT2D eigenvalue weighted by Gasteiger charge is 2.30. The number of aryl methyl sites for hydroxylation is 1. The van der Waals surface area contributed by atoms with Gasteiger partial charge in [0.25, 0.3) is 0 Å². The van der Waals surface area contributed by atoms with E-state index in [4.69, 9.17) is 9.47 Å². The largest absolute Gasteiger partial charge is 0.493 e. The molecule has 2 aromatic carbocycles. The molecule has 0 atom stereocenters. The van der Waals surface area contributed by atoms with Gasteiger partial charge in [-0.15, -0.1) is 0 Å². The van der Waals surface area contributed by atoms with Crippen molar-refractivity contribution in [1.82, 2.24) is 14.5 Å². The summed E-state index contributed by atoms with van der Waals surface area (Å²) in [5.41, 5.74) is 7.64. The quantitative estimate of drug-likeness (QED) is 0.246. The Kier molecular flexibility index (Phi) is 8.03. The Bertz CT molecular complexity index is 1470. The fourth-order valence-corrected chi connectivity index (χ4v) is 7.32. The molecule has 0 bridgehead atoms. The minimum atomic E-state index is 0.389. The van der Waals surface area contributed by atoms with E-state index in [0.29, 0.717) is 5.92 Å². The van der Waals surface area contributed by atoms with Crippen LogP contribution in [0.4, 0.5) is 5.69 Å². The maximum Gasteiger partial charge on any atom is 0.161 e. The van der Waals surface area contributed by atoms with Crippen molar-refractivity contribution in [3.63, 3.8) is 0 Å². The second kappa shape index (κ2) is 11.8. The van der Waals surface area contributed by atoms with E-state index in [2.05, 4.69) is 88.9 Å². The topological polar surface area (TPSA) is 45.7 Å². The van der Waals surface area contributed by atoms with Crippen molar-refractivity contribution in [2.45, 2.75) is 52.0 Å². The smallest absolute Gasteiger partial charge is 0.161 e. The van der Waals surface area contributed by atoms with Crippen molar-refractivity contribution < 1.29 is 9.47 Å². The average Bonchev–Trinajstić information content (AvgIpc) is 3.59. The van der Waals surface area contributed by atoms with Crippen LogP contribution in [0, 0.1) is 11.8 Å². The summed E-state index contributed by atoms with van der Waals surface area (Å²) in [6.45, 7) is 10.4. The number of hydrogen-bond donors (Lipinski definition) is 1. The van der Waals surface area contributed by atoms with Crippen molar-refractivity contribution >= 4 is 16.6 Å². The third-order valence-corrected chi connectivity index (χ3v) is 9.71. The summed E-state index contributed by atoms with van der Waals surface area (Å²) in [7, 11) is 5.53. The number of anilines is 1. The predicted molar refractivity (Wildman–Crippen MR) is 169 cm³/mol. The molecule has 0 radical (unpaired) electrons. The Labute approximate surface area is 245 Å². The molecule has 1 N–H and O–H groups in total. The summed E-state index contributed by atoms with van der Waals surface area (Å²) in [5.74, 6) is 3.64. The van der Waals surface area contributed by atoms with E-state index in [0.717, 1.165) is 48.5 Å². The van der Waals surface area contributed by atoms with Crippen LogP contribution in [0.2, 0.25) is 0 Å². The van der Waals surface area contributed by atoms with Crippen LogP contribution in [0.3, 0.4) is 0 Å². The van der Waals surface area contributed by atoms with E-state index < -0.39 is 0 Å². The zero-order valence-electron chi connectivity index (χ0n) is 25.5. The molecule has 0 amide bonds. The molecular weight excluding hydrogens is 508 g/mol. The zero-order chi connectivity index (χ0) is 28.5. The van der Waals surface area contributed by atoms with Gasteiger partial charge in [0.1, 0.15) is 0 Å². The molecule has 0 aliphatic carbocycles. The summed E-state index contributed by atoms with van der Waals surface area (Å²) < 4.78 is 13.3. The molecule has 41 heavy (non-hydrogen) atoms. The first kappa shape index (κ1) is 27.8. The zero-order valence-corrected chi connectivity index (χ0v) is 25.5. The summed E-state index contributed by atoms with van der Waals surface area (Å²) in [6.07, 6.45) is 7.47. The van der Waals surface area contributed by atoms with Crippen molar-refractivity contribution in [1.29, 1.82) is 0 Å². The first-order valence-corrected chi connectivity index (χ1v) is 15.4. The van der Waals surface area contributed by atoms with E-state index >= 15 is 0 Å². The Hall–Kier alpha value is -3.38. The van der Waals surface area contributed by atoms with Crippen LogP contribution in [-0.2, 0) is 13.6 Å². The van der Waals surface area contributed by atoms with Crippen LogP contribution < -0.4 is 14.4 Å². The van der Waals surface area contributed by atoms with E-state index in [1.165, 1.54) is 72.3 Å². The van der Waals surface area contributed by atoms with Crippen LogP contribution in [0.5, 0.6) is 11.5 Å². The van der Waals surface area contributed by atoms with Gasteiger partial charge in [0.2, 0.25) is 0 Å². The Balaban J connectivity index is 1.13. The van der Waals surface area contributed by atoms with Crippen LogP contribution in [0.15, 0.2) is 54.7 Å². The van der Waals surface area contributed by atoms with E-state index in [1.54, 1.807) is 14.2 Å². The Morgan fingerprint density at radius 2 is 1.56 bits per heavy atom. The second-order valence-corrected chi connectivity index (χ2v) is 12.4. The van der Waals surface area contributed by atoms with Gasteiger partial charge in [-0.3, -0.25) is 4.90 Å². The van der Waals surface area contributed by atoms with Gasteiger partial charge >= 0.3 is 0 Å². The third-order valence-electron chi connectivity index (χ3n) is 9.71. The summed E-state index contributed by atoms with van der Waals surface area (Å²) in [6, 6.07) is 17.6. The van der Waals surface area contributed by atoms with E-state index in [9.17, 15) is 0 Å². The van der Waals surface area contributed by atoms with Gasteiger partial charge in [-0.2, -0.15) is 0 Å². The molecule has 2 fully saturated rings. The molecule has 4 heterocycles. The number of H-pyrrole nitrogens is 1. The van der Waals surface area contributed by atoms with Gasteiger partial charge in [0.15, 0.2) is 11.5 Å². The molecule has 6 nitrogen and oxygen atoms in total. The fraction of sp³-hybridized carbons (Fsp3) is 0.486. The molecule has 6 heteroatoms. The first-order chi connectivity index (χ1) is 19.9. The van der Waals surface area contributed by atoms with Crippen molar-refractivity contribution in [3.05, 3.63) is 66.0 Å². The number of ether oxygens (including phenoxy) is 2. The third kappa shape index (κ3) is 5.59. The molecule has 6 rings (SSSR count). The van der Waals surface area contributed by atoms with Gasteiger partial charge in [-0.05, 0) is 111 Å². The summed E-state index contributed by atoms with van der Waals surface area (Å²) in [5, 5.41) is 1.33. The highest BCUT2D eigenvalue weighted by molar-refractivity contribution is 5.93. The van der Waals surface area contributed by atoms with Crippen molar-refractivity contribution in [2.24, 2.45) is 18.9 Å². The molecule has 0 spiro atoms. The lowest BCUT2D eigenvalue weighted by Crippen LogP contribution is -2.40. The summed E-state index contributed by atoms with van der Waals surface area (Å²) >= 11 is 0. The van der Waals surface area contributed by atoms with E-state index in [1.807, 2.05) is 6.07 Å². The normalized spacial score (nSPS) is 17.6. The minimum Gasteiger partial charge on any atom is -0.493 e. The monoisotopic (exact) mass is 554 g/mol. The second-order valence-electron chi connectivity index (χ2n) is 12.4. The molecule has 0 unspecified atom stereocenters. The lowest BCUT2D eigenvalue weighted by molar-refractivity contribution is 0.127. The predicted octanol–water partition coefficient (Wildman–Crippen LogP) is 7.44. The SMILES string of the molecule is COc1ccc(-c2[nH]c3ccc(N4CCC(C5CCN(Cc6cccn6C)CC5)CC4)cc3c2C(C)C)cc1OC. The van der Waals surface area contributed by atoms with Gasteiger partial charge < -0.3 is 23.9 Å². The molecular formula is C35H46N4O2. The van der Waals surface area contributed by atoms with Crippen LogP contribution in [-0.4, -0.2) is 54.8 Å². The highest BCUT2D eigenvalue weighted by Crippen LogP contribution is 2.41. The molecule has 2 aliphatic rings. The molecule has 0 saturated carbocycles. The number of piperidine rings is 2. The number of likely N-dealkylation sites (tertiary alicyclic amines) is 1. The number of fused-ring (bicyclic) bond motifs is 1. The minimum absolute atomic E-state index is 0.389. The molecule has 2 saturated heterocycles. The first-order valence-electron chi connectivity index (χ1n) is 15.4. The number of aromatic amines is 1. The number of nitrogens with zero attached hydrogens (tertiary/aromatic N) is 3. The number of rotatable bonds is 8. The molecule has 2 aromatic heterocycles. The van der Waals surface area contributed by atoms with E-state index in [-0.39, 0.29) is 0 Å². The molecule has 4 aromatic rings. The highest BCUT2D eigenvalue weighted by atomic mass is 16.5. The lowest BCUT2D eigenvalue weighted by atomic mass is 9.78. The Morgan fingerprint density at radius 3 is 2.20 bits per heavy atom. The van der Waals surface area contributed by atoms with Gasteiger partial charge in [0, 0.05) is 60.7 Å². The number of hydrogen-bond acceptors (Lipinski definition) is 4. The molecule has 2 aliphatic heterocycles. The number of benzene rings is 2. The maximum absolute atomic E-state index is 5.61.